The van der Waals surface area contributed by atoms with Crippen LogP contribution < -0.4 is 4.90 Å². The molecule has 26 heavy (non-hydrogen) atoms. The predicted molar refractivity (Wildman–Crippen MR) is 103 cm³/mol. The number of hydrogen-bond acceptors (Lipinski definition) is 3. The molecular weight excluding hydrogens is 326 g/mol. The summed E-state index contributed by atoms with van der Waals surface area (Å²) in [7, 11) is 1.35. The van der Waals surface area contributed by atoms with Crippen molar-refractivity contribution in [2.45, 2.75) is 25.8 Å². The highest BCUT2D eigenvalue weighted by Gasteiger charge is 2.36. The summed E-state index contributed by atoms with van der Waals surface area (Å²) in [6.07, 6.45) is 3.84. The third-order valence-corrected chi connectivity index (χ3v) is 4.90. The fraction of sp³-hybridized carbons (Fsp3) is 0.273. The molecule has 0 heterocycles. The summed E-state index contributed by atoms with van der Waals surface area (Å²) < 4.78 is 4.89. The average molecular weight is 349 g/mol. The van der Waals surface area contributed by atoms with Gasteiger partial charge < -0.3 is 9.64 Å². The quantitative estimate of drug-likeness (QED) is 0.718. The Bertz CT molecular complexity index is 825. The van der Waals surface area contributed by atoms with Gasteiger partial charge in [-0.2, -0.15) is 0 Å². The second-order valence-corrected chi connectivity index (χ2v) is 6.55. The molecule has 1 aliphatic carbocycles. The van der Waals surface area contributed by atoms with Gasteiger partial charge in [0.15, 0.2) is 0 Å². The van der Waals surface area contributed by atoms with Gasteiger partial charge in [-0.15, -0.1) is 0 Å². The molecule has 0 N–H and O–H groups in total. The van der Waals surface area contributed by atoms with Crippen LogP contribution in [-0.2, 0) is 4.74 Å². The molecule has 1 unspecified atom stereocenters. The Kier molecular flexibility index (Phi) is 5.21. The van der Waals surface area contributed by atoms with Crippen molar-refractivity contribution in [3.05, 3.63) is 71.8 Å². The highest BCUT2D eigenvalue weighted by molar-refractivity contribution is 6.09. The van der Waals surface area contributed by atoms with Crippen molar-refractivity contribution in [2.75, 3.05) is 12.0 Å². The molecule has 4 nitrogen and oxygen atoms in total. The SMILES string of the molecule is C=Cc1c(C(=O)OC)cccc1N(C(=O)c1ccccc1)C(C)C1CC1. The number of nitrogens with zero attached hydrogens (tertiary/aromatic N) is 1. The number of methoxy groups -OCH3 is 1. The van der Waals surface area contributed by atoms with Gasteiger partial charge in [0.2, 0.25) is 0 Å². The molecule has 0 aromatic heterocycles. The minimum atomic E-state index is -0.437. The average Bonchev–Trinajstić information content (AvgIpc) is 3.53. The van der Waals surface area contributed by atoms with Crippen LogP contribution in [0.1, 0.15) is 46.0 Å². The van der Waals surface area contributed by atoms with Crippen molar-refractivity contribution in [1.29, 1.82) is 0 Å². The first-order valence-electron chi connectivity index (χ1n) is 8.80. The summed E-state index contributed by atoms with van der Waals surface area (Å²) in [6, 6.07) is 14.6. The predicted octanol–water partition coefficient (Wildman–Crippen LogP) is 4.56. The van der Waals surface area contributed by atoms with E-state index in [1.54, 1.807) is 23.1 Å². The summed E-state index contributed by atoms with van der Waals surface area (Å²) in [4.78, 5) is 27.3. The van der Waals surface area contributed by atoms with Crippen LogP contribution in [0, 0.1) is 5.92 Å². The lowest BCUT2D eigenvalue weighted by atomic mass is 10.0. The zero-order valence-electron chi connectivity index (χ0n) is 15.1. The Labute approximate surface area is 154 Å². The molecule has 3 rings (SSSR count). The van der Waals surface area contributed by atoms with Gasteiger partial charge in [0.05, 0.1) is 18.4 Å². The lowest BCUT2D eigenvalue weighted by Crippen LogP contribution is -2.40. The first-order chi connectivity index (χ1) is 12.6. The van der Waals surface area contributed by atoms with Gasteiger partial charge in [0.1, 0.15) is 0 Å². The summed E-state index contributed by atoms with van der Waals surface area (Å²) >= 11 is 0. The fourth-order valence-electron chi connectivity index (χ4n) is 3.29. The topological polar surface area (TPSA) is 46.6 Å². The van der Waals surface area contributed by atoms with Crippen LogP contribution in [0.2, 0.25) is 0 Å². The van der Waals surface area contributed by atoms with Crippen molar-refractivity contribution in [2.24, 2.45) is 5.92 Å². The smallest absolute Gasteiger partial charge is 0.338 e. The molecule has 0 bridgehead atoms. The monoisotopic (exact) mass is 349 g/mol. The largest absolute Gasteiger partial charge is 0.465 e. The number of ether oxygens (including phenoxy) is 1. The van der Waals surface area contributed by atoms with Crippen molar-refractivity contribution in [3.8, 4) is 0 Å². The van der Waals surface area contributed by atoms with E-state index in [-0.39, 0.29) is 11.9 Å². The third-order valence-electron chi connectivity index (χ3n) is 4.90. The Morgan fingerprint density at radius 2 is 1.85 bits per heavy atom. The maximum absolute atomic E-state index is 13.3. The van der Waals surface area contributed by atoms with Crippen LogP contribution in [-0.4, -0.2) is 25.0 Å². The molecule has 134 valence electrons. The maximum atomic E-state index is 13.3. The number of benzene rings is 2. The zero-order chi connectivity index (χ0) is 18.7. The second-order valence-electron chi connectivity index (χ2n) is 6.55. The standard InChI is InChI=1S/C22H23NO3/c1-4-18-19(22(25)26-3)11-8-12-20(18)23(15(2)16-13-14-16)21(24)17-9-6-5-7-10-17/h4-12,15-16H,1,13-14H2,2-3H3. The Morgan fingerprint density at radius 3 is 2.42 bits per heavy atom. The van der Waals surface area contributed by atoms with E-state index in [9.17, 15) is 9.59 Å². The van der Waals surface area contributed by atoms with Crippen LogP contribution in [0.15, 0.2) is 55.1 Å². The first kappa shape index (κ1) is 17.9. The molecular formula is C22H23NO3. The van der Waals surface area contributed by atoms with Crippen LogP contribution in [0.3, 0.4) is 0 Å². The van der Waals surface area contributed by atoms with E-state index in [0.717, 1.165) is 12.8 Å². The highest BCUT2D eigenvalue weighted by atomic mass is 16.5. The van der Waals surface area contributed by atoms with E-state index in [0.29, 0.717) is 28.3 Å². The molecule has 0 spiro atoms. The van der Waals surface area contributed by atoms with Gasteiger partial charge in [-0.3, -0.25) is 4.79 Å². The van der Waals surface area contributed by atoms with Crippen molar-refractivity contribution in [3.63, 3.8) is 0 Å². The van der Waals surface area contributed by atoms with Gasteiger partial charge >= 0.3 is 5.97 Å². The Morgan fingerprint density at radius 1 is 1.15 bits per heavy atom. The minimum Gasteiger partial charge on any atom is -0.465 e. The molecule has 1 amide bonds. The summed E-state index contributed by atoms with van der Waals surface area (Å²) in [5.74, 6) is -0.0369. The van der Waals surface area contributed by atoms with Gasteiger partial charge in [-0.1, -0.05) is 36.9 Å². The highest BCUT2D eigenvalue weighted by Crippen LogP contribution is 2.39. The van der Waals surface area contributed by atoms with E-state index < -0.39 is 5.97 Å². The van der Waals surface area contributed by atoms with Crippen LogP contribution in [0.5, 0.6) is 0 Å². The van der Waals surface area contributed by atoms with Crippen LogP contribution >= 0.6 is 0 Å². The number of amides is 1. The number of esters is 1. The van der Waals surface area contributed by atoms with Crippen LogP contribution in [0.25, 0.3) is 6.08 Å². The molecule has 2 aromatic carbocycles. The lowest BCUT2D eigenvalue weighted by molar-refractivity contribution is 0.0600. The van der Waals surface area contributed by atoms with Gasteiger partial charge in [-0.25, -0.2) is 4.79 Å². The number of hydrogen-bond donors (Lipinski definition) is 0. The van der Waals surface area contributed by atoms with Gasteiger partial charge in [-0.05, 0) is 49.9 Å². The van der Waals surface area contributed by atoms with E-state index >= 15 is 0 Å². The van der Waals surface area contributed by atoms with Crippen LogP contribution in [0.4, 0.5) is 5.69 Å². The molecule has 0 saturated heterocycles. The molecule has 4 heteroatoms. The normalized spacial score (nSPS) is 14.4. The Hall–Kier alpha value is -2.88. The minimum absolute atomic E-state index is 0.0364. The summed E-state index contributed by atoms with van der Waals surface area (Å²) in [5.41, 5.74) is 2.35. The third kappa shape index (κ3) is 3.40. The molecule has 1 atom stereocenters. The van der Waals surface area contributed by atoms with E-state index in [1.807, 2.05) is 36.4 Å². The summed E-state index contributed by atoms with van der Waals surface area (Å²) in [6.45, 7) is 5.92. The maximum Gasteiger partial charge on any atom is 0.338 e. The molecule has 1 saturated carbocycles. The van der Waals surface area contributed by atoms with E-state index in [1.165, 1.54) is 7.11 Å². The number of anilines is 1. The number of carbonyl (C=O) groups excluding carboxylic acids is 2. The molecule has 2 aromatic rings. The first-order valence-corrected chi connectivity index (χ1v) is 8.80. The molecule has 0 radical (unpaired) electrons. The van der Waals surface area contributed by atoms with E-state index in [2.05, 4.69) is 13.5 Å². The lowest BCUT2D eigenvalue weighted by Gasteiger charge is -2.31. The summed E-state index contributed by atoms with van der Waals surface area (Å²) in [5, 5.41) is 0. The second kappa shape index (κ2) is 7.56. The molecule has 1 aliphatic rings. The molecule has 0 aliphatic heterocycles. The van der Waals surface area contributed by atoms with Crippen molar-refractivity contribution in [1.82, 2.24) is 0 Å². The van der Waals surface area contributed by atoms with Crippen molar-refractivity contribution >= 4 is 23.6 Å². The number of carbonyl (C=O) groups is 2. The number of rotatable bonds is 6. The zero-order valence-corrected chi connectivity index (χ0v) is 15.1. The van der Waals surface area contributed by atoms with Gasteiger partial charge in [0.25, 0.3) is 5.91 Å². The van der Waals surface area contributed by atoms with Crippen molar-refractivity contribution < 1.29 is 14.3 Å². The van der Waals surface area contributed by atoms with E-state index in [4.69, 9.17) is 4.74 Å². The molecule has 1 fully saturated rings. The Balaban J connectivity index is 2.12. The van der Waals surface area contributed by atoms with Gasteiger partial charge in [0, 0.05) is 17.2 Å². The fourth-order valence-corrected chi connectivity index (χ4v) is 3.29.